The van der Waals surface area contributed by atoms with Gasteiger partial charge in [-0.3, -0.25) is 9.59 Å². The van der Waals surface area contributed by atoms with E-state index in [1.54, 1.807) is 17.0 Å². The van der Waals surface area contributed by atoms with Gasteiger partial charge in [0.25, 0.3) is 0 Å². The van der Waals surface area contributed by atoms with Crippen LogP contribution in [-0.4, -0.2) is 18.4 Å². The van der Waals surface area contributed by atoms with Crippen molar-refractivity contribution in [2.45, 2.75) is 19.4 Å². The summed E-state index contributed by atoms with van der Waals surface area (Å²) < 4.78 is 0.965. The van der Waals surface area contributed by atoms with Crippen molar-refractivity contribution in [2.75, 3.05) is 11.4 Å². The first kappa shape index (κ1) is 18.0. The van der Waals surface area contributed by atoms with Gasteiger partial charge in [-0.15, -0.1) is 0 Å². The van der Waals surface area contributed by atoms with Gasteiger partial charge >= 0.3 is 0 Å². The van der Waals surface area contributed by atoms with Crippen molar-refractivity contribution in [2.24, 2.45) is 5.92 Å². The molecule has 6 heteroatoms. The monoisotopic (exact) mass is 420 g/mol. The lowest BCUT2D eigenvalue weighted by Gasteiger charge is -2.19. The van der Waals surface area contributed by atoms with Crippen LogP contribution in [-0.2, 0) is 9.59 Å². The van der Waals surface area contributed by atoms with Gasteiger partial charge in [0.1, 0.15) is 0 Å². The van der Waals surface area contributed by atoms with E-state index >= 15 is 0 Å². The molecule has 25 heavy (non-hydrogen) atoms. The number of amides is 2. The normalized spacial score (nSPS) is 18.3. The lowest BCUT2D eigenvalue weighted by Crippen LogP contribution is -2.34. The van der Waals surface area contributed by atoms with Gasteiger partial charge in [-0.25, -0.2) is 0 Å². The van der Waals surface area contributed by atoms with Crippen LogP contribution in [0.15, 0.2) is 53.0 Å². The molecule has 1 N–H and O–H groups in total. The molecule has 1 heterocycles. The Morgan fingerprint density at radius 2 is 2.04 bits per heavy atom. The van der Waals surface area contributed by atoms with Crippen molar-refractivity contribution in [3.63, 3.8) is 0 Å². The van der Waals surface area contributed by atoms with E-state index in [1.807, 2.05) is 43.3 Å². The molecule has 1 aliphatic rings. The maximum atomic E-state index is 12.6. The number of benzene rings is 2. The quantitative estimate of drug-likeness (QED) is 0.798. The summed E-state index contributed by atoms with van der Waals surface area (Å²) in [5, 5.41) is 3.51. The van der Waals surface area contributed by atoms with E-state index in [-0.39, 0.29) is 30.2 Å². The minimum Gasteiger partial charge on any atom is -0.349 e. The Morgan fingerprint density at radius 1 is 1.28 bits per heavy atom. The van der Waals surface area contributed by atoms with Crippen molar-refractivity contribution >= 4 is 45.0 Å². The number of anilines is 1. The molecule has 2 amide bonds. The Morgan fingerprint density at radius 3 is 2.76 bits per heavy atom. The van der Waals surface area contributed by atoms with Crippen LogP contribution in [0, 0.1) is 5.92 Å². The van der Waals surface area contributed by atoms with Crippen LogP contribution in [0.5, 0.6) is 0 Å². The fraction of sp³-hybridized carbons (Fsp3) is 0.263. The molecule has 1 saturated heterocycles. The average Bonchev–Trinajstić information content (AvgIpc) is 2.97. The molecule has 1 aliphatic heterocycles. The number of nitrogens with zero attached hydrogens (tertiary/aromatic N) is 1. The average molecular weight is 422 g/mol. The van der Waals surface area contributed by atoms with Crippen molar-refractivity contribution < 1.29 is 9.59 Å². The number of hydrogen-bond donors (Lipinski definition) is 1. The molecular formula is C19H18BrClN2O2. The predicted octanol–water partition coefficient (Wildman–Crippen LogP) is 4.33. The molecule has 2 aromatic carbocycles. The topological polar surface area (TPSA) is 49.4 Å². The number of nitrogens with one attached hydrogen (secondary N) is 1. The second-order valence-corrected chi connectivity index (χ2v) is 7.46. The van der Waals surface area contributed by atoms with E-state index in [0.717, 1.165) is 10.0 Å². The lowest BCUT2D eigenvalue weighted by atomic mass is 10.1. The maximum absolute atomic E-state index is 12.6. The number of carbonyl (C=O) groups is 2. The Bertz CT molecular complexity index is 812. The zero-order chi connectivity index (χ0) is 18.0. The lowest BCUT2D eigenvalue weighted by molar-refractivity contribution is -0.126. The van der Waals surface area contributed by atoms with E-state index in [4.69, 9.17) is 11.6 Å². The van der Waals surface area contributed by atoms with Gasteiger partial charge in [-0.2, -0.15) is 0 Å². The Labute approximate surface area is 160 Å². The van der Waals surface area contributed by atoms with Gasteiger partial charge in [0.05, 0.1) is 22.7 Å². The first-order valence-electron chi connectivity index (χ1n) is 8.06. The van der Waals surface area contributed by atoms with E-state index < -0.39 is 0 Å². The SMILES string of the molecule is CC(NC(=O)C1CC(=O)N(c2ccccc2Cl)C1)c1cccc(Br)c1. The van der Waals surface area contributed by atoms with Crippen molar-refractivity contribution in [1.29, 1.82) is 0 Å². The van der Waals surface area contributed by atoms with Gasteiger partial charge < -0.3 is 10.2 Å². The molecule has 3 rings (SSSR count). The number of halogens is 2. The van der Waals surface area contributed by atoms with Crippen LogP contribution in [0.2, 0.25) is 5.02 Å². The third-order valence-corrected chi connectivity index (χ3v) is 5.16. The van der Waals surface area contributed by atoms with Crippen LogP contribution in [0.4, 0.5) is 5.69 Å². The molecule has 130 valence electrons. The number of para-hydroxylation sites is 1. The van der Waals surface area contributed by atoms with Crippen molar-refractivity contribution in [3.05, 3.63) is 63.6 Å². The van der Waals surface area contributed by atoms with E-state index in [9.17, 15) is 9.59 Å². The third-order valence-electron chi connectivity index (χ3n) is 4.35. The Hall–Kier alpha value is -1.85. The van der Waals surface area contributed by atoms with Crippen molar-refractivity contribution in [1.82, 2.24) is 5.32 Å². The van der Waals surface area contributed by atoms with Gasteiger partial charge in [0, 0.05) is 17.4 Å². The number of carbonyl (C=O) groups excluding carboxylic acids is 2. The third kappa shape index (κ3) is 4.05. The molecule has 0 bridgehead atoms. The summed E-state index contributed by atoms with van der Waals surface area (Å²) in [5.41, 5.74) is 1.67. The van der Waals surface area contributed by atoms with Gasteiger partial charge in [-0.05, 0) is 36.8 Å². The molecule has 2 aromatic rings. The minimum atomic E-state index is -0.377. The second kappa shape index (κ2) is 7.58. The molecule has 0 radical (unpaired) electrons. The van der Waals surface area contributed by atoms with Crippen LogP contribution in [0.25, 0.3) is 0 Å². The Balaban J connectivity index is 1.68. The smallest absolute Gasteiger partial charge is 0.227 e. The minimum absolute atomic E-state index is 0.0802. The zero-order valence-electron chi connectivity index (χ0n) is 13.7. The molecule has 2 atom stereocenters. The molecule has 0 aromatic heterocycles. The summed E-state index contributed by atoms with van der Waals surface area (Å²) in [5.74, 6) is -0.572. The maximum Gasteiger partial charge on any atom is 0.227 e. The number of rotatable bonds is 4. The fourth-order valence-corrected chi connectivity index (χ4v) is 3.63. The van der Waals surface area contributed by atoms with Gasteiger partial charge in [-0.1, -0.05) is 51.8 Å². The molecule has 4 nitrogen and oxygen atoms in total. The summed E-state index contributed by atoms with van der Waals surface area (Å²) in [6.07, 6.45) is 0.197. The van der Waals surface area contributed by atoms with Crippen LogP contribution >= 0.6 is 27.5 Å². The summed E-state index contributed by atoms with van der Waals surface area (Å²) >= 11 is 9.61. The van der Waals surface area contributed by atoms with Gasteiger partial charge in [0.2, 0.25) is 11.8 Å². The highest BCUT2D eigenvalue weighted by Crippen LogP contribution is 2.31. The van der Waals surface area contributed by atoms with E-state index in [2.05, 4.69) is 21.2 Å². The molecule has 2 unspecified atom stereocenters. The summed E-state index contributed by atoms with van der Waals surface area (Å²) in [6.45, 7) is 2.28. The first-order valence-corrected chi connectivity index (χ1v) is 9.23. The summed E-state index contributed by atoms with van der Waals surface area (Å²) in [7, 11) is 0. The summed E-state index contributed by atoms with van der Waals surface area (Å²) in [6, 6.07) is 14.9. The van der Waals surface area contributed by atoms with Crippen LogP contribution in [0.3, 0.4) is 0 Å². The highest BCUT2D eigenvalue weighted by Gasteiger charge is 2.36. The largest absolute Gasteiger partial charge is 0.349 e. The highest BCUT2D eigenvalue weighted by atomic mass is 79.9. The number of hydrogen-bond acceptors (Lipinski definition) is 2. The summed E-state index contributed by atoms with van der Waals surface area (Å²) in [4.78, 5) is 26.5. The van der Waals surface area contributed by atoms with Crippen molar-refractivity contribution in [3.8, 4) is 0 Å². The van der Waals surface area contributed by atoms with Crippen LogP contribution in [0.1, 0.15) is 24.9 Å². The first-order chi connectivity index (χ1) is 12.0. The standard InChI is InChI=1S/C19H18BrClN2O2/c1-12(13-5-4-6-15(20)9-13)22-19(25)14-10-18(24)23(11-14)17-8-3-2-7-16(17)21/h2-9,12,14H,10-11H2,1H3,(H,22,25). The Kier molecular flexibility index (Phi) is 5.45. The molecule has 1 fully saturated rings. The highest BCUT2D eigenvalue weighted by molar-refractivity contribution is 9.10. The zero-order valence-corrected chi connectivity index (χ0v) is 16.0. The van der Waals surface area contributed by atoms with E-state index in [0.29, 0.717) is 17.3 Å². The fourth-order valence-electron chi connectivity index (χ4n) is 2.98. The molecule has 0 aliphatic carbocycles. The molecule has 0 saturated carbocycles. The second-order valence-electron chi connectivity index (χ2n) is 6.14. The molecular weight excluding hydrogens is 404 g/mol. The van der Waals surface area contributed by atoms with E-state index in [1.165, 1.54) is 0 Å². The predicted molar refractivity (Wildman–Crippen MR) is 103 cm³/mol. The van der Waals surface area contributed by atoms with Gasteiger partial charge in [0.15, 0.2) is 0 Å². The van der Waals surface area contributed by atoms with Crippen LogP contribution < -0.4 is 10.2 Å². The molecule has 0 spiro atoms.